The first kappa shape index (κ1) is 18.9. The van der Waals surface area contributed by atoms with Crippen LogP contribution in [-0.2, 0) is 14.6 Å². The highest BCUT2D eigenvalue weighted by atomic mass is 32.2. The summed E-state index contributed by atoms with van der Waals surface area (Å²) in [6, 6.07) is 11.6. The zero-order valence-corrected chi connectivity index (χ0v) is 15.1. The van der Waals surface area contributed by atoms with Crippen LogP contribution in [0.5, 0.6) is 5.75 Å². The molecule has 1 unspecified atom stereocenters. The van der Waals surface area contributed by atoms with Gasteiger partial charge in [-0.05, 0) is 48.9 Å². The van der Waals surface area contributed by atoms with Gasteiger partial charge in [0.15, 0.2) is 16.4 Å². The molecule has 1 amide bonds. The van der Waals surface area contributed by atoms with Gasteiger partial charge in [-0.15, -0.1) is 0 Å². The molecule has 0 aliphatic heterocycles. The Kier molecular flexibility index (Phi) is 5.79. The molecule has 0 aliphatic rings. The van der Waals surface area contributed by atoms with E-state index in [2.05, 4.69) is 0 Å². The van der Waals surface area contributed by atoms with Gasteiger partial charge >= 0.3 is 0 Å². The van der Waals surface area contributed by atoms with Gasteiger partial charge in [0, 0.05) is 13.3 Å². The van der Waals surface area contributed by atoms with E-state index in [0.29, 0.717) is 5.75 Å². The number of sulfone groups is 1. The summed E-state index contributed by atoms with van der Waals surface area (Å²) in [6.07, 6.45) is 1.15. The molecular formula is C18H20FNO4S. The lowest BCUT2D eigenvalue weighted by molar-refractivity contribution is -0.134. The summed E-state index contributed by atoms with van der Waals surface area (Å²) < 4.78 is 41.2. The first-order valence-electron chi connectivity index (χ1n) is 7.62. The zero-order chi connectivity index (χ0) is 18.6. The Morgan fingerprint density at radius 3 is 2.20 bits per heavy atom. The van der Waals surface area contributed by atoms with Crippen LogP contribution in [0.15, 0.2) is 53.4 Å². The number of ether oxygens (including phenoxy) is 1. The molecular weight excluding hydrogens is 345 g/mol. The quantitative estimate of drug-likeness (QED) is 0.790. The maximum Gasteiger partial charge on any atom is 0.260 e. The third kappa shape index (κ3) is 5.03. The first-order chi connectivity index (χ1) is 11.7. The van der Waals surface area contributed by atoms with Crippen molar-refractivity contribution in [3.8, 4) is 5.75 Å². The van der Waals surface area contributed by atoms with Crippen LogP contribution in [0.2, 0.25) is 0 Å². The Hall–Kier alpha value is -2.41. The van der Waals surface area contributed by atoms with Crippen molar-refractivity contribution >= 4 is 15.7 Å². The van der Waals surface area contributed by atoms with E-state index < -0.39 is 9.84 Å². The Morgan fingerprint density at radius 2 is 1.68 bits per heavy atom. The predicted octanol–water partition coefficient (Wildman–Crippen LogP) is 2.83. The SMILES string of the molecule is CC(c1ccc(S(C)(=O)=O)cc1)N(C)C(=O)COc1ccc(F)cc1. The van der Waals surface area contributed by atoms with Gasteiger partial charge in [-0.25, -0.2) is 12.8 Å². The van der Waals surface area contributed by atoms with Crippen LogP contribution in [0.4, 0.5) is 4.39 Å². The van der Waals surface area contributed by atoms with Gasteiger partial charge in [0.2, 0.25) is 0 Å². The molecule has 0 radical (unpaired) electrons. The molecule has 0 aliphatic carbocycles. The molecule has 7 heteroatoms. The van der Waals surface area contributed by atoms with E-state index in [4.69, 9.17) is 4.74 Å². The number of rotatable bonds is 6. The molecule has 2 aromatic carbocycles. The van der Waals surface area contributed by atoms with Gasteiger partial charge < -0.3 is 9.64 Å². The maximum absolute atomic E-state index is 12.8. The smallest absolute Gasteiger partial charge is 0.260 e. The fourth-order valence-electron chi connectivity index (χ4n) is 2.21. The highest BCUT2D eigenvalue weighted by Crippen LogP contribution is 2.21. The molecule has 0 bridgehead atoms. The Balaban J connectivity index is 1.99. The van der Waals surface area contributed by atoms with Crippen LogP contribution >= 0.6 is 0 Å². The standard InChI is InChI=1S/C18H20FNO4S/c1-13(14-4-10-17(11-5-14)25(3,22)23)20(2)18(21)12-24-16-8-6-15(19)7-9-16/h4-11,13H,12H2,1-3H3. The summed E-state index contributed by atoms with van der Waals surface area (Å²) in [7, 11) is -1.61. The van der Waals surface area contributed by atoms with E-state index in [1.165, 1.54) is 41.3 Å². The Bertz CT molecular complexity index is 832. The van der Waals surface area contributed by atoms with Gasteiger partial charge in [0.05, 0.1) is 10.9 Å². The normalized spacial score (nSPS) is 12.5. The van der Waals surface area contributed by atoms with Crippen molar-refractivity contribution in [1.29, 1.82) is 0 Å². The summed E-state index contributed by atoms with van der Waals surface area (Å²) >= 11 is 0. The highest BCUT2D eigenvalue weighted by molar-refractivity contribution is 7.90. The average molecular weight is 365 g/mol. The number of halogens is 1. The van der Waals surface area contributed by atoms with Crippen LogP contribution in [0, 0.1) is 5.82 Å². The molecule has 134 valence electrons. The molecule has 0 aromatic heterocycles. The van der Waals surface area contributed by atoms with Crippen molar-refractivity contribution in [3.63, 3.8) is 0 Å². The van der Waals surface area contributed by atoms with Crippen molar-refractivity contribution in [2.45, 2.75) is 17.9 Å². The van der Waals surface area contributed by atoms with Crippen molar-refractivity contribution < 1.29 is 22.3 Å². The first-order valence-corrected chi connectivity index (χ1v) is 9.51. The fourth-order valence-corrected chi connectivity index (χ4v) is 2.84. The minimum absolute atomic E-state index is 0.173. The summed E-state index contributed by atoms with van der Waals surface area (Å²) in [5.74, 6) is -0.209. The van der Waals surface area contributed by atoms with Crippen molar-refractivity contribution in [2.24, 2.45) is 0 Å². The molecule has 1 atom stereocenters. The summed E-state index contributed by atoms with van der Waals surface area (Å²) in [5, 5.41) is 0. The number of carbonyl (C=O) groups excluding carboxylic acids is 1. The number of benzene rings is 2. The maximum atomic E-state index is 12.8. The lowest BCUT2D eigenvalue weighted by Crippen LogP contribution is -2.33. The fraction of sp³-hybridized carbons (Fsp3) is 0.278. The second-order valence-electron chi connectivity index (χ2n) is 5.76. The number of amides is 1. The summed E-state index contributed by atoms with van der Waals surface area (Å²) in [6.45, 7) is 1.67. The largest absolute Gasteiger partial charge is 0.484 e. The van der Waals surface area contributed by atoms with Crippen molar-refractivity contribution in [3.05, 3.63) is 59.9 Å². The number of likely N-dealkylation sites (N-methyl/N-ethyl adjacent to an activating group) is 1. The van der Waals surface area contributed by atoms with Crippen LogP contribution in [0.25, 0.3) is 0 Å². The molecule has 0 heterocycles. The molecule has 0 saturated heterocycles. The third-order valence-corrected chi connectivity index (χ3v) is 5.07. The molecule has 0 N–H and O–H groups in total. The molecule has 0 saturated carbocycles. The monoisotopic (exact) mass is 365 g/mol. The van der Waals surface area contributed by atoms with Crippen LogP contribution < -0.4 is 4.74 Å². The van der Waals surface area contributed by atoms with E-state index in [1.54, 1.807) is 19.2 Å². The highest BCUT2D eigenvalue weighted by Gasteiger charge is 2.18. The molecule has 2 aromatic rings. The summed E-state index contributed by atoms with van der Waals surface area (Å²) in [4.78, 5) is 14.0. The molecule has 2 rings (SSSR count). The molecule has 0 spiro atoms. The van der Waals surface area contributed by atoms with Crippen LogP contribution in [0.1, 0.15) is 18.5 Å². The van der Waals surface area contributed by atoms with Gasteiger partial charge in [-0.3, -0.25) is 4.79 Å². The second kappa shape index (κ2) is 7.65. The summed E-state index contributed by atoms with van der Waals surface area (Å²) in [5.41, 5.74) is 0.810. The van der Waals surface area contributed by atoms with Gasteiger partial charge in [0.25, 0.3) is 5.91 Å². The van der Waals surface area contributed by atoms with Crippen LogP contribution in [0.3, 0.4) is 0 Å². The molecule has 0 fully saturated rings. The topological polar surface area (TPSA) is 63.7 Å². The van der Waals surface area contributed by atoms with Gasteiger partial charge in [-0.1, -0.05) is 12.1 Å². The Labute approximate surface area is 147 Å². The van der Waals surface area contributed by atoms with Crippen LogP contribution in [-0.4, -0.2) is 39.1 Å². The number of carbonyl (C=O) groups is 1. The lowest BCUT2D eigenvalue weighted by atomic mass is 10.1. The zero-order valence-electron chi connectivity index (χ0n) is 14.3. The van der Waals surface area contributed by atoms with Gasteiger partial charge in [-0.2, -0.15) is 0 Å². The molecule has 5 nitrogen and oxygen atoms in total. The average Bonchev–Trinajstić information content (AvgIpc) is 2.59. The molecule has 25 heavy (non-hydrogen) atoms. The predicted molar refractivity (Wildman–Crippen MR) is 92.6 cm³/mol. The third-order valence-electron chi connectivity index (χ3n) is 3.94. The Morgan fingerprint density at radius 1 is 1.12 bits per heavy atom. The van der Waals surface area contributed by atoms with E-state index in [0.717, 1.165) is 11.8 Å². The number of hydrogen-bond acceptors (Lipinski definition) is 4. The van der Waals surface area contributed by atoms with Crippen molar-refractivity contribution in [1.82, 2.24) is 4.90 Å². The minimum atomic E-state index is -3.25. The van der Waals surface area contributed by atoms with E-state index in [9.17, 15) is 17.6 Å². The number of nitrogens with zero attached hydrogens (tertiary/aromatic N) is 1. The van der Waals surface area contributed by atoms with E-state index >= 15 is 0 Å². The van der Waals surface area contributed by atoms with E-state index in [-0.39, 0.29) is 29.3 Å². The van der Waals surface area contributed by atoms with E-state index in [1.807, 2.05) is 6.92 Å². The minimum Gasteiger partial charge on any atom is -0.484 e. The van der Waals surface area contributed by atoms with Gasteiger partial charge in [0.1, 0.15) is 11.6 Å². The van der Waals surface area contributed by atoms with Crippen molar-refractivity contribution in [2.75, 3.05) is 19.9 Å². The second-order valence-corrected chi connectivity index (χ2v) is 7.78. The number of hydrogen-bond donors (Lipinski definition) is 0. The lowest BCUT2D eigenvalue weighted by Gasteiger charge is -2.25.